The molecule has 0 saturated carbocycles. The Morgan fingerprint density at radius 3 is 2.09 bits per heavy atom. The van der Waals surface area contributed by atoms with Crippen molar-refractivity contribution in [2.75, 3.05) is 7.11 Å². The van der Waals surface area contributed by atoms with Gasteiger partial charge in [-0.1, -0.05) is 24.3 Å². The van der Waals surface area contributed by atoms with Crippen LogP contribution in [-0.4, -0.2) is 18.2 Å². The second kappa shape index (κ2) is 6.73. The molecule has 2 rings (SSSR count). The van der Waals surface area contributed by atoms with Gasteiger partial charge in [0.15, 0.2) is 0 Å². The molecule has 0 bridgehead atoms. The highest BCUT2D eigenvalue weighted by Crippen LogP contribution is 2.30. The number of carboxylic acid groups (broad SMARTS) is 1. The van der Waals surface area contributed by atoms with Crippen molar-refractivity contribution >= 4 is 5.97 Å². The van der Waals surface area contributed by atoms with E-state index in [-0.39, 0.29) is 6.42 Å². The van der Waals surface area contributed by atoms with Crippen LogP contribution in [0.3, 0.4) is 0 Å². The van der Waals surface area contributed by atoms with E-state index in [9.17, 15) is 23.1 Å². The monoisotopic (exact) mass is 324 g/mol. The minimum atomic E-state index is -4.40. The lowest BCUT2D eigenvalue weighted by atomic mass is 9.91. The minimum absolute atomic E-state index is 0.111. The number of methoxy groups -OCH3 is 1. The number of aliphatic carboxylic acids is 1. The first-order valence-corrected chi connectivity index (χ1v) is 6.84. The van der Waals surface area contributed by atoms with E-state index in [0.29, 0.717) is 16.9 Å². The number of carboxylic acids is 1. The molecule has 0 aliphatic rings. The number of halogens is 3. The summed E-state index contributed by atoms with van der Waals surface area (Å²) < 4.78 is 42.6. The Hall–Kier alpha value is -2.50. The highest BCUT2D eigenvalue weighted by molar-refractivity contribution is 5.76. The molecule has 1 atom stereocenters. The van der Waals surface area contributed by atoms with Crippen molar-refractivity contribution in [2.45, 2.75) is 18.5 Å². The molecule has 0 aliphatic carbocycles. The van der Waals surface area contributed by atoms with Crippen molar-refractivity contribution in [1.82, 2.24) is 0 Å². The Balaban J connectivity index is 2.20. The van der Waals surface area contributed by atoms with Gasteiger partial charge in [-0.05, 0) is 41.8 Å². The Bertz CT molecular complexity index is 661. The second-order valence-electron chi connectivity index (χ2n) is 5.06. The van der Waals surface area contributed by atoms with E-state index in [1.807, 2.05) is 0 Å². The van der Waals surface area contributed by atoms with Crippen LogP contribution in [0, 0.1) is 0 Å². The van der Waals surface area contributed by atoms with Crippen LogP contribution in [0.4, 0.5) is 13.2 Å². The third-order valence-corrected chi connectivity index (χ3v) is 3.54. The summed E-state index contributed by atoms with van der Waals surface area (Å²) in [6.07, 6.45) is -4.29. The number of rotatable bonds is 5. The molecule has 0 unspecified atom stereocenters. The summed E-state index contributed by atoms with van der Waals surface area (Å²) in [7, 11) is 1.51. The molecule has 0 fully saturated rings. The lowest BCUT2D eigenvalue weighted by molar-refractivity contribution is -0.139. The first kappa shape index (κ1) is 16.9. The number of hydrogen-bond acceptors (Lipinski definition) is 2. The van der Waals surface area contributed by atoms with Crippen LogP contribution in [0.1, 0.15) is 22.6 Å². The first-order chi connectivity index (χ1) is 10.8. The topological polar surface area (TPSA) is 46.5 Å². The van der Waals surface area contributed by atoms with E-state index < -0.39 is 23.6 Å². The van der Waals surface area contributed by atoms with Crippen molar-refractivity contribution in [3.63, 3.8) is 0 Å². The van der Waals surface area contributed by atoms with Gasteiger partial charge in [0.2, 0.25) is 0 Å². The molecule has 3 nitrogen and oxygen atoms in total. The molecule has 1 N–H and O–H groups in total. The van der Waals surface area contributed by atoms with Crippen LogP contribution >= 0.6 is 0 Å². The summed E-state index contributed by atoms with van der Waals surface area (Å²) in [4.78, 5) is 11.5. The highest BCUT2D eigenvalue weighted by Gasteiger charge is 2.30. The Morgan fingerprint density at radius 1 is 1.09 bits per heavy atom. The average Bonchev–Trinajstić information content (AvgIpc) is 2.52. The van der Waals surface area contributed by atoms with E-state index >= 15 is 0 Å². The van der Waals surface area contributed by atoms with E-state index in [1.54, 1.807) is 24.3 Å². The molecule has 6 heteroatoms. The fraction of sp³-hybridized carbons (Fsp3) is 0.235. The normalized spacial score (nSPS) is 12.7. The van der Waals surface area contributed by atoms with Crippen molar-refractivity contribution < 1.29 is 27.8 Å². The van der Waals surface area contributed by atoms with Gasteiger partial charge in [-0.3, -0.25) is 4.79 Å². The predicted molar refractivity (Wildman–Crippen MR) is 78.5 cm³/mol. The van der Waals surface area contributed by atoms with Gasteiger partial charge in [0.1, 0.15) is 5.75 Å². The lowest BCUT2D eigenvalue weighted by Crippen LogP contribution is -2.14. The molecule has 0 saturated heterocycles. The summed E-state index contributed by atoms with van der Waals surface area (Å²) in [6.45, 7) is 0. The summed E-state index contributed by atoms with van der Waals surface area (Å²) >= 11 is 0. The van der Waals surface area contributed by atoms with Crippen LogP contribution < -0.4 is 4.74 Å². The number of alkyl halides is 3. The zero-order valence-corrected chi connectivity index (χ0v) is 12.3. The molecule has 0 radical (unpaired) electrons. The van der Waals surface area contributed by atoms with Gasteiger partial charge < -0.3 is 9.84 Å². The van der Waals surface area contributed by atoms with Crippen molar-refractivity contribution in [2.24, 2.45) is 0 Å². The zero-order valence-electron chi connectivity index (χ0n) is 12.3. The maximum atomic E-state index is 12.5. The van der Waals surface area contributed by atoms with Gasteiger partial charge in [0.25, 0.3) is 0 Å². The minimum Gasteiger partial charge on any atom is -0.497 e. The van der Waals surface area contributed by atoms with E-state index in [1.165, 1.54) is 19.2 Å². The Labute approximate surface area is 131 Å². The van der Waals surface area contributed by atoms with Gasteiger partial charge in [-0.2, -0.15) is 13.2 Å². The Kier molecular flexibility index (Phi) is 4.93. The lowest BCUT2D eigenvalue weighted by Gasteiger charge is -2.14. The van der Waals surface area contributed by atoms with E-state index in [0.717, 1.165) is 12.1 Å². The van der Waals surface area contributed by atoms with E-state index in [4.69, 9.17) is 4.74 Å². The number of benzene rings is 2. The summed E-state index contributed by atoms with van der Waals surface area (Å²) in [5.74, 6) is -1.26. The number of hydrogen-bond donors (Lipinski definition) is 1. The van der Waals surface area contributed by atoms with Crippen LogP contribution in [0.15, 0.2) is 48.5 Å². The van der Waals surface area contributed by atoms with E-state index in [2.05, 4.69) is 0 Å². The average molecular weight is 324 g/mol. The summed E-state index contributed by atoms with van der Waals surface area (Å²) in [5, 5.41) is 9.39. The third-order valence-electron chi connectivity index (χ3n) is 3.54. The summed E-state index contributed by atoms with van der Waals surface area (Å²) in [6, 6.07) is 11.1. The second-order valence-corrected chi connectivity index (χ2v) is 5.06. The van der Waals surface area contributed by atoms with Crippen LogP contribution in [0.25, 0.3) is 0 Å². The molecule has 0 heterocycles. The summed E-state index contributed by atoms with van der Waals surface area (Å²) in [5.41, 5.74) is 0.344. The SMILES string of the molecule is COc1ccc([C@H](Cc2ccc(C(F)(F)F)cc2)C(=O)O)cc1. The maximum absolute atomic E-state index is 12.5. The molecule has 2 aromatic carbocycles. The molecule has 0 aliphatic heterocycles. The number of carbonyl (C=O) groups is 1. The predicted octanol–water partition coefficient (Wildman–Crippen LogP) is 4.12. The van der Waals surface area contributed by atoms with Crippen LogP contribution in [0.2, 0.25) is 0 Å². The fourth-order valence-corrected chi connectivity index (χ4v) is 2.25. The zero-order chi connectivity index (χ0) is 17.0. The van der Waals surface area contributed by atoms with Gasteiger partial charge in [0, 0.05) is 0 Å². The first-order valence-electron chi connectivity index (χ1n) is 6.84. The van der Waals surface area contributed by atoms with Crippen molar-refractivity contribution in [1.29, 1.82) is 0 Å². The Morgan fingerprint density at radius 2 is 1.65 bits per heavy atom. The standard InChI is InChI=1S/C17H15F3O3/c1-23-14-8-4-12(5-9-14)15(16(21)22)10-11-2-6-13(7-3-11)17(18,19)20/h2-9,15H,10H2,1H3,(H,21,22)/t15-/m0/s1. The van der Waals surface area contributed by atoms with Crippen LogP contribution in [-0.2, 0) is 17.4 Å². The van der Waals surface area contributed by atoms with Gasteiger partial charge >= 0.3 is 12.1 Å². The molecule has 23 heavy (non-hydrogen) atoms. The van der Waals surface area contributed by atoms with Gasteiger partial charge in [0.05, 0.1) is 18.6 Å². The van der Waals surface area contributed by atoms with Crippen LogP contribution in [0.5, 0.6) is 5.75 Å². The van der Waals surface area contributed by atoms with Crippen molar-refractivity contribution in [3.8, 4) is 5.75 Å². The molecule has 0 amide bonds. The largest absolute Gasteiger partial charge is 0.497 e. The smallest absolute Gasteiger partial charge is 0.416 e. The molecular formula is C17H15F3O3. The van der Waals surface area contributed by atoms with Gasteiger partial charge in [-0.15, -0.1) is 0 Å². The fourth-order valence-electron chi connectivity index (χ4n) is 2.25. The molecule has 0 aromatic heterocycles. The third kappa shape index (κ3) is 4.25. The highest BCUT2D eigenvalue weighted by atomic mass is 19.4. The molecular weight excluding hydrogens is 309 g/mol. The molecule has 0 spiro atoms. The quantitative estimate of drug-likeness (QED) is 0.900. The maximum Gasteiger partial charge on any atom is 0.416 e. The van der Waals surface area contributed by atoms with Gasteiger partial charge in [-0.25, -0.2) is 0 Å². The number of ether oxygens (including phenoxy) is 1. The molecule has 2 aromatic rings. The van der Waals surface area contributed by atoms with Crippen molar-refractivity contribution in [3.05, 3.63) is 65.2 Å². The molecule has 122 valence electrons.